The van der Waals surface area contributed by atoms with Gasteiger partial charge in [0.15, 0.2) is 0 Å². The highest BCUT2D eigenvalue weighted by Crippen LogP contribution is 2.17. The molecule has 2 rings (SSSR count). The smallest absolute Gasteiger partial charge is 0.229 e. The second-order valence-corrected chi connectivity index (χ2v) is 4.12. The second-order valence-electron chi connectivity index (χ2n) is 4.12. The molecule has 0 saturated carbocycles. The largest absolute Gasteiger partial charge is 0.362 e. The van der Waals surface area contributed by atoms with E-state index in [1.54, 1.807) is 17.1 Å². The minimum atomic E-state index is 0.576. The van der Waals surface area contributed by atoms with Crippen LogP contribution in [0, 0.1) is 6.92 Å². The summed E-state index contributed by atoms with van der Waals surface area (Å²) in [5.41, 5.74) is 1.92. The van der Waals surface area contributed by atoms with E-state index < -0.39 is 0 Å². The highest BCUT2D eigenvalue weighted by Gasteiger charge is 2.06. The molecule has 1 N–H and O–H groups in total. The average molecular weight is 232 g/mol. The van der Waals surface area contributed by atoms with Crippen LogP contribution in [0.15, 0.2) is 18.6 Å². The quantitative estimate of drug-likeness (QED) is 0.865. The predicted octanol–water partition coefficient (Wildman–Crippen LogP) is 1.33. The molecule has 0 amide bonds. The van der Waals surface area contributed by atoms with Crippen molar-refractivity contribution in [3.63, 3.8) is 0 Å². The lowest BCUT2D eigenvalue weighted by atomic mass is 10.3. The van der Waals surface area contributed by atoms with Gasteiger partial charge in [0.1, 0.15) is 5.82 Å². The molecule has 2 aromatic heterocycles. The van der Waals surface area contributed by atoms with Gasteiger partial charge in [0, 0.05) is 39.1 Å². The maximum atomic E-state index is 4.44. The van der Waals surface area contributed by atoms with Crippen LogP contribution in [0.25, 0.3) is 0 Å². The number of anilines is 3. The molecule has 0 saturated heterocycles. The molecule has 0 atom stereocenters. The Morgan fingerprint density at radius 2 is 2.06 bits per heavy atom. The normalized spacial score (nSPS) is 10.4. The molecule has 0 spiro atoms. The van der Waals surface area contributed by atoms with Gasteiger partial charge in [0.05, 0.1) is 11.9 Å². The molecule has 2 aromatic rings. The molecule has 6 nitrogen and oxygen atoms in total. The fourth-order valence-electron chi connectivity index (χ4n) is 1.56. The van der Waals surface area contributed by atoms with Crippen molar-refractivity contribution in [1.29, 1.82) is 0 Å². The standard InChI is InChI=1S/C11H16N6/c1-8-5-12-11(15-10(8)16(2)3)14-9-6-13-17(4)7-9/h5-7H,1-4H3,(H,12,14,15). The number of aryl methyl sites for hydroxylation is 2. The van der Waals surface area contributed by atoms with Gasteiger partial charge in [-0.1, -0.05) is 0 Å². The molecule has 0 aromatic carbocycles. The Hall–Kier alpha value is -2.11. The molecule has 0 radical (unpaired) electrons. The van der Waals surface area contributed by atoms with Crippen LogP contribution in [0.2, 0.25) is 0 Å². The lowest BCUT2D eigenvalue weighted by Crippen LogP contribution is -2.13. The molecule has 90 valence electrons. The number of rotatable bonds is 3. The maximum absolute atomic E-state index is 4.44. The topological polar surface area (TPSA) is 58.9 Å². The van der Waals surface area contributed by atoms with Gasteiger partial charge in [0.2, 0.25) is 5.95 Å². The zero-order chi connectivity index (χ0) is 12.4. The zero-order valence-electron chi connectivity index (χ0n) is 10.5. The Kier molecular flexibility index (Phi) is 2.95. The van der Waals surface area contributed by atoms with Crippen molar-refractivity contribution in [2.24, 2.45) is 7.05 Å². The molecule has 17 heavy (non-hydrogen) atoms. The van der Waals surface area contributed by atoms with Crippen LogP contribution in [-0.2, 0) is 7.05 Å². The van der Waals surface area contributed by atoms with Crippen LogP contribution in [0.3, 0.4) is 0 Å². The number of nitrogens with zero attached hydrogens (tertiary/aromatic N) is 5. The van der Waals surface area contributed by atoms with Gasteiger partial charge in [0.25, 0.3) is 0 Å². The first-order valence-electron chi connectivity index (χ1n) is 5.33. The van der Waals surface area contributed by atoms with Crippen molar-refractivity contribution in [2.45, 2.75) is 6.92 Å². The van der Waals surface area contributed by atoms with E-state index >= 15 is 0 Å². The van der Waals surface area contributed by atoms with Crippen molar-refractivity contribution < 1.29 is 0 Å². The van der Waals surface area contributed by atoms with Crippen LogP contribution in [0.1, 0.15) is 5.56 Å². The Balaban J connectivity index is 2.25. The molecule has 2 heterocycles. The number of hydrogen-bond donors (Lipinski definition) is 1. The molecule has 0 fully saturated rings. The monoisotopic (exact) mass is 232 g/mol. The van der Waals surface area contributed by atoms with Gasteiger partial charge in [-0.3, -0.25) is 4.68 Å². The van der Waals surface area contributed by atoms with Crippen LogP contribution in [0.5, 0.6) is 0 Å². The van der Waals surface area contributed by atoms with E-state index in [9.17, 15) is 0 Å². The number of hydrogen-bond acceptors (Lipinski definition) is 5. The minimum Gasteiger partial charge on any atom is -0.362 e. The summed E-state index contributed by atoms with van der Waals surface area (Å²) in [6.45, 7) is 1.99. The van der Waals surface area contributed by atoms with Crippen LogP contribution >= 0.6 is 0 Å². The molecular weight excluding hydrogens is 216 g/mol. The van der Waals surface area contributed by atoms with Gasteiger partial charge in [-0.15, -0.1) is 0 Å². The fourth-order valence-corrected chi connectivity index (χ4v) is 1.56. The number of aromatic nitrogens is 4. The van der Waals surface area contributed by atoms with E-state index in [4.69, 9.17) is 0 Å². The zero-order valence-corrected chi connectivity index (χ0v) is 10.5. The van der Waals surface area contributed by atoms with E-state index in [1.807, 2.05) is 39.2 Å². The van der Waals surface area contributed by atoms with Crippen LogP contribution < -0.4 is 10.2 Å². The van der Waals surface area contributed by atoms with E-state index in [0.717, 1.165) is 17.1 Å². The van der Waals surface area contributed by atoms with E-state index in [-0.39, 0.29) is 0 Å². The lowest BCUT2D eigenvalue weighted by molar-refractivity contribution is 0.768. The van der Waals surface area contributed by atoms with E-state index in [1.165, 1.54) is 0 Å². The van der Waals surface area contributed by atoms with Gasteiger partial charge in [-0.05, 0) is 6.92 Å². The average Bonchev–Trinajstić information content (AvgIpc) is 2.66. The van der Waals surface area contributed by atoms with Crippen molar-refractivity contribution in [2.75, 3.05) is 24.3 Å². The van der Waals surface area contributed by atoms with Gasteiger partial charge >= 0.3 is 0 Å². The van der Waals surface area contributed by atoms with Crippen molar-refractivity contribution >= 4 is 17.5 Å². The summed E-state index contributed by atoms with van der Waals surface area (Å²) in [5, 5.41) is 7.19. The summed E-state index contributed by atoms with van der Waals surface area (Å²) >= 11 is 0. The molecule has 0 aliphatic carbocycles. The fraction of sp³-hybridized carbons (Fsp3) is 0.364. The Morgan fingerprint density at radius 1 is 1.29 bits per heavy atom. The summed E-state index contributed by atoms with van der Waals surface area (Å²) < 4.78 is 1.73. The molecular formula is C11H16N6. The van der Waals surface area contributed by atoms with Crippen molar-refractivity contribution in [3.8, 4) is 0 Å². The van der Waals surface area contributed by atoms with Crippen LogP contribution in [-0.4, -0.2) is 33.8 Å². The maximum Gasteiger partial charge on any atom is 0.229 e. The summed E-state index contributed by atoms with van der Waals surface area (Å²) in [6.07, 6.45) is 5.41. The highest BCUT2D eigenvalue weighted by atomic mass is 15.3. The SMILES string of the molecule is Cc1cnc(Nc2cnn(C)c2)nc1N(C)C. The molecule has 6 heteroatoms. The summed E-state index contributed by atoms with van der Waals surface area (Å²) in [7, 11) is 5.79. The predicted molar refractivity (Wildman–Crippen MR) is 67.6 cm³/mol. The lowest BCUT2D eigenvalue weighted by Gasteiger charge is -2.14. The van der Waals surface area contributed by atoms with Gasteiger partial charge < -0.3 is 10.2 Å². The first kappa shape index (κ1) is 11.4. The van der Waals surface area contributed by atoms with Crippen molar-refractivity contribution in [3.05, 3.63) is 24.2 Å². The van der Waals surface area contributed by atoms with Crippen molar-refractivity contribution in [1.82, 2.24) is 19.7 Å². The Labute approximate surface area is 100 Å². The van der Waals surface area contributed by atoms with Gasteiger partial charge in [-0.25, -0.2) is 4.98 Å². The number of nitrogens with one attached hydrogen (secondary N) is 1. The third kappa shape index (κ3) is 2.52. The first-order chi connectivity index (χ1) is 8.06. The Morgan fingerprint density at radius 3 is 2.65 bits per heavy atom. The Bertz CT molecular complexity index is 516. The van der Waals surface area contributed by atoms with Gasteiger partial charge in [-0.2, -0.15) is 10.1 Å². The highest BCUT2D eigenvalue weighted by molar-refractivity contribution is 5.54. The van der Waals surface area contributed by atoms with E-state index in [0.29, 0.717) is 5.95 Å². The summed E-state index contributed by atoms with van der Waals surface area (Å²) in [5.74, 6) is 1.48. The summed E-state index contributed by atoms with van der Waals surface area (Å²) in [6, 6.07) is 0. The first-order valence-corrected chi connectivity index (χ1v) is 5.33. The van der Waals surface area contributed by atoms with Crippen LogP contribution in [0.4, 0.5) is 17.5 Å². The third-order valence-corrected chi connectivity index (χ3v) is 2.33. The molecule has 0 aliphatic heterocycles. The summed E-state index contributed by atoms with van der Waals surface area (Å²) in [4.78, 5) is 10.6. The molecule has 0 unspecified atom stereocenters. The molecule has 0 aliphatic rings. The third-order valence-electron chi connectivity index (χ3n) is 2.33. The second kappa shape index (κ2) is 4.40. The molecule has 0 bridgehead atoms. The van der Waals surface area contributed by atoms with E-state index in [2.05, 4.69) is 20.4 Å². The minimum absolute atomic E-state index is 0.576.